The number of hydrogen-bond donors (Lipinski definition) is 3. The highest BCUT2D eigenvalue weighted by molar-refractivity contribution is 5.76. The van der Waals surface area contributed by atoms with Gasteiger partial charge in [-0.05, 0) is 32.1 Å². The van der Waals surface area contributed by atoms with Crippen LogP contribution in [0.15, 0.2) is 24.3 Å². The molecule has 2 atom stereocenters. The lowest BCUT2D eigenvalue weighted by Crippen LogP contribution is -2.45. The van der Waals surface area contributed by atoms with Gasteiger partial charge in [0.05, 0.1) is 18.8 Å². The Morgan fingerprint density at radius 1 is 0.277 bits per heavy atom. The fourth-order valence-electron chi connectivity index (χ4n) is 12.8. The smallest absolute Gasteiger partial charge is 0.220 e. The van der Waals surface area contributed by atoms with Gasteiger partial charge in [0.15, 0.2) is 0 Å². The molecule has 83 heavy (non-hydrogen) atoms. The zero-order valence-corrected chi connectivity index (χ0v) is 57.3. The number of rotatable bonds is 74. The van der Waals surface area contributed by atoms with E-state index in [0.29, 0.717) is 6.42 Å². The van der Waals surface area contributed by atoms with E-state index in [1.54, 1.807) is 6.08 Å². The minimum absolute atomic E-state index is 0.0630. The van der Waals surface area contributed by atoms with Gasteiger partial charge in [0.25, 0.3) is 0 Å². The van der Waals surface area contributed by atoms with Crippen molar-refractivity contribution >= 4 is 5.91 Å². The predicted molar refractivity (Wildman–Crippen MR) is 373 cm³/mol. The number of allylic oxidation sites excluding steroid dienone is 3. The molecule has 0 spiro atoms. The van der Waals surface area contributed by atoms with Crippen LogP contribution >= 0.6 is 0 Å². The molecular formula is C79H155NO3. The molecule has 0 bridgehead atoms. The first kappa shape index (κ1) is 81.9. The fourth-order valence-corrected chi connectivity index (χ4v) is 12.8. The van der Waals surface area contributed by atoms with E-state index in [2.05, 4.69) is 31.3 Å². The summed E-state index contributed by atoms with van der Waals surface area (Å²) >= 11 is 0. The quantitative estimate of drug-likeness (QED) is 0.0420. The Labute approximate surface area is 523 Å². The van der Waals surface area contributed by atoms with Gasteiger partial charge in [-0.3, -0.25) is 4.79 Å². The average molecular weight is 1170 g/mol. The number of nitrogens with one attached hydrogen (secondary N) is 1. The lowest BCUT2D eigenvalue weighted by atomic mass is 10.0. The molecule has 1 amide bonds. The number of carbonyl (C=O) groups excluding carboxylic acids is 1. The number of aliphatic hydroxyl groups excluding tert-OH is 2. The first-order chi connectivity index (χ1) is 41.2. The van der Waals surface area contributed by atoms with Crippen molar-refractivity contribution in [3.05, 3.63) is 24.3 Å². The maximum Gasteiger partial charge on any atom is 0.220 e. The second-order valence-corrected chi connectivity index (χ2v) is 27.1. The van der Waals surface area contributed by atoms with Crippen molar-refractivity contribution in [3.8, 4) is 0 Å². The van der Waals surface area contributed by atoms with E-state index in [4.69, 9.17) is 0 Å². The summed E-state index contributed by atoms with van der Waals surface area (Å²) in [7, 11) is 0. The third kappa shape index (κ3) is 71.5. The summed E-state index contributed by atoms with van der Waals surface area (Å²) in [4.78, 5) is 12.6. The van der Waals surface area contributed by atoms with Crippen LogP contribution in [0, 0.1) is 0 Å². The van der Waals surface area contributed by atoms with E-state index in [-0.39, 0.29) is 12.5 Å². The maximum absolute atomic E-state index is 12.6. The first-order valence-electron chi connectivity index (χ1n) is 39.1. The van der Waals surface area contributed by atoms with Crippen LogP contribution in [0.25, 0.3) is 0 Å². The normalized spacial score (nSPS) is 12.7. The molecule has 2 unspecified atom stereocenters. The van der Waals surface area contributed by atoms with Gasteiger partial charge in [-0.2, -0.15) is 0 Å². The van der Waals surface area contributed by atoms with E-state index < -0.39 is 12.1 Å². The van der Waals surface area contributed by atoms with Crippen LogP contribution in [-0.2, 0) is 4.79 Å². The Kier molecular flexibility index (Phi) is 74.1. The van der Waals surface area contributed by atoms with Gasteiger partial charge in [0.1, 0.15) is 0 Å². The molecule has 0 fully saturated rings. The van der Waals surface area contributed by atoms with Crippen molar-refractivity contribution in [2.45, 2.75) is 469 Å². The summed E-state index contributed by atoms with van der Waals surface area (Å²) in [5, 5.41) is 23.3. The van der Waals surface area contributed by atoms with E-state index in [0.717, 1.165) is 32.1 Å². The number of carbonyl (C=O) groups is 1. The molecule has 0 rings (SSSR count). The van der Waals surface area contributed by atoms with E-state index in [1.807, 2.05) is 6.08 Å². The molecule has 0 heterocycles. The van der Waals surface area contributed by atoms with Gasteiger partial charge >= 0.3 is 0 Å². The standard InChI is InChI=1S/C79H155NO3/c1-3-5-7-9-11-13-15-17-19-21-23-25-27-29-31-33-35-36-37-38-39-40-41-42-43-45-47-49-51-53-55-57-59-61-63-65-67-69-71-73-75-79(83)80-77(76-81)78(82)74-72-70-68-66-64-62-60-58-56-54-52-50-48-46-44-34-32-30-28-26-24-22-20-18-16-14-12-10-8-6-4-2/h64,66,72,74,77-78,81-82H,3-63,65,67-71,73,75-76H2,1-2H3,(H,80,83)/b66-64+,74-72+. The van der Waals surface area contributed by atoms with Crippen molar-refractivity contribution in [1.29, 1.82) is 0 Å². The highest BCUT2D eigenvalue weighted by Gasteiger charge is 2.18. The summed E-state index contributed by atoms with van der Waals surface area (Å²) in [6.07, 6.45) is 103. The number of amides is 1. The van der Waals surface area contributed by atoms with Crippen molar-refractivity contribution < 1.29 is 15.0 Å². The van der Waals surface area contributed by atoms with E-state index in [1.165, 1.54) is 405 Å². The third-order valence-corrected chi connectivity index (χ3v) is 18.7. The molecule has 4 heteroatoms. The van der Waals surface area contributed by atoms with Crippen molar-refractivity contribution in [2.24, 2.45) is 0 Å². The van der Waals surface area contributed by atoms with Crippen LogP contribution in [-0.4, -0.2) is 34.9 Å². The van der Waals surface area contributed by atoms with Gasteiger partial charge in [-0.15, -0.1) is 0 Å². The first-order valence-corrected chi connectivity index (χ1v) is 39.1. The van der Waals surface area contributed by atoms with Crippen LogP contribution in [0.1, 0.15) is 457 Å². The summed E-state index contributed by atoms with van der Waals surface area (Å²) in [6.45, 7) is 4.36. The molecule has 3 N–H and O–H groups in total. The largest absolute Gasteiger partial charge is 0.394 e. The van der Waals surface area contributed by atoms with Crippen LogP contribution in [0.5, 0.6) is 0 Å². The molecule has 0 aliphatic heterocycles. The molecule has 0 aromatic heterocycles. The van der Waals surface area contributed by atoms with Gasteiger partial charge in [-0.1, -0.05) is 443 Å². The number of aliphatic hydroxyl groups is 2. The fraction of sp³-hybridized carbons (Fsp3) is 0.937. The predicted octanol–water partition coefficient (Wildman–Crippen LogP) is 26.9. The third-order valence-electron chi connectivity index (χ3n) is 18.7. The zero-order chi connectivity index (χ0) is 59.8. The van der Waals surface area contributed by atoms with Gasteiger partial charge in [0.2, 0.25) is 5.91 Å². The Morgan fingerprint density at radius 2 is 0.470 bits per heavy atom. The molecule has 0 aromatic rings. The van der Waals surface area contributed by atoms with Crippen molar-refractivity contribution in [2.75, 3.05) is 6.61 Å². The highest BCUT2D eigenvalue weighted by atomic mass is 16.3. The second kappa shape index (κ2) is 75.1. The summed E-state index contributed by atoms with van der Waals surface area (Å²) < 4.78 is 0. The van der Waals surface area contributed by atoms with Crippen LogP contribution < -0.4 is 5.32 Å². The van der Waals surface area contributed by atoms with Gasteiger partial charge in [-0.25, -0.2) is 0 Å². The summed E-state index contributed by atoms with van der Waals surface area (Å²) in [5.41, 5.74) is 0. The summed E-state index contributed by atoms with van der Waals surface area (Å²) in [6, 6.07) is -0.638. The maximum atomic E-state index is 12.6. The molecule has 0 aromatic carbocycles. The Hall–Kier alpha value is -1.13. The molecule has 0 radical (unpaired) electrons. The second-order valence-electron chi connectivity index (χ2n) is 27.1. The molecule has 494 valence electrons. The van der Waals surface area contributed by atoms with Gasteiger partial charge in [0, 0.05) is 6.42 Å². The molecule has 0 aliphatic rings. The SMILES string of the molecule is CCCCCCCCCCCCCCCCCCCCCCCCCCC/C=C/CC/C=C/C(O)C(CO)NC(=O)CCCCCCCCCCCCCCCCCCCCCCCCCCCCCCCCCCCCCCCCCC. The van der Waals surface area contributed by atoms with Crippen molar-refractivity contribution in [1.82, 2.24) is 5.32 Å². The number of hydrogen-bond acceptors (Lipinski definition) is 3. The van der Waals surface area contributed by atoms with Crippen LogP contribution in [0.2, 0.25) is 0 Å². The van der Waals surface area contributed by atoms with E-state index >= 15 is 0 Å². The Bertz CT molecular complexity index is 1230. The monoisotopic (exact) mass is 1170 g/mol. The molecule has 0 aliphatic carbocycles. The summed E-state index contributed by atoms with van der Waals surface area (Å²) in [5.74, 6) is -0.0630. The highest BCUT2D eigenvalue weighted by Crippen LogP contribution is 2.20. The molecule has 4 nitrogen and oxygen atoms in total. The minimum atomic E-state index is -0.862. The average Bonchev–Trinajstić information content (AvgIpc) is 3.50. The lowest BCUT2D eigenvalue weighted by Gasteiger charge is -2.19. The van der Waals surface area contributed by atoms with Gasteiger partial charge < -0.3 is 15.5 Å². The minimum Gasteiger partial charge on any atom is -0.394 e. The topological polar surface area (TPSA) is 69.6 Å². The Morgan fingerprint density at radius 3 is 0.699 bits per heavy atom. The van der Waals surface area contributed by atoms with Crippen molar-refractivity contribution in [3.63, 3.8) is 0 Å². The van der Waals surface area contributed by atoms with E-state index in [9.17, 15) is 15.0 Å². The lowest BCUT2D eigenvalue weighted by molar-refractivity contribution is -0.123. The number of unbranched alkanes of at least 4 members (excludes halogenated alkanes) is 65. The van der Waals surface area contributed by atoms with Crippen LogP contribution in [0.4, 0.5) is 0 Å². The Balaban J connectivity index is 3.39. The molecule has 0 saturated carbocycles. The molecular weight excluding hydrogens is 1010 g/mol. The zero-order valence-electron chi connectivity index (χ0n) is 57.3. The van der Waals surface area contributed by atoms with Crippen LogP contribution in [0.3, 0.4) is 0 Å². The molecule has 0 saturated heterocycles.